The maximum absolute atomic E-state index is 12.3. The molecule has 0 heterocycles. The first kappa shape index (κ1) is 15.0. The molecule has 0 radical (unpaired) electrons. The lowest BCUT2D eigenvalue weighted by molar-refractivity contribution is 0.611. The van der Waals surface area contributed by atoms with E-state index < -0.39 is 19.0 Å². The van der Waals surface area contributed by atoms with E-state index in [4.69, 9.17) is 33.9 Å². The molecule has 0 N–H and O–H groups in total. The lowest BCUT2D eigenvalue weighted by Crippen LogP contribution is -2.06. The third-order valence-electron chi connectivity index (χ3n) is 1.84. The Labute approximate surface area is 115 Å². The number of benzene rings is 1. The fourth-order valence-electron chi connectivity index (χ4n) is 1.13. The quantitative estimate of drug-likeness (QED) is 0.795. The van der Waals surface area contributed by atoms with Gasteiger partial charge in [0.2, 0.25) is 0 Å². The highest BCUT2D eigenvalue weighted by Gasteiger charge is 2.18. The fraction of sp³-hybridized carbons (Fsp3) is 0.250. The maximum Gasteiger partial charge on any atom is 0.347 e. The average molecular weight is 337 g/mol. The van der Waals surface area contributed by atoms with Crippen molar-refractivity contribution in [3.8, 4) is 0 Å². The van der Waals surface area contributed by atoms with Crippen LogP contribution < -0.4 is 0 Å². The maximum atomic E-state index is 12.3. The van der Waals surface area contributed by atoms with Gasteiger partial charge in [0, 0.05) is 21.5 Å². The van der Waals surface area contributed by atoms with E-state index in [1.54, 1.807) is 0 Å². The molecule has 96 valence electrons. The van der Waals surface area contributed by atoms with E-state index in [0.717, 1.165) is 0 Å². The molecule has 0 aliphatic rings. The largest absolute Gasteiger partial charge is 0.347 e. The molecule has 17 heavy (non-hydrogen) atoms. The van der Waals surface area contributed by atoms with Crippen molar-refractivity contribution < 1.29 is 12.6 Å². The summed E-state index contributed by atoms with van der Waals surface area (Å²) in [5, 5.41) is 0.443. The van der Waals surface area contributed by atoms with E-state index in [2.05, 4.69) is 3.77 Å². The summed E-state index contributed by atoms with van der Waals surface area (Å²) in [6, 6.07) is 4.20. The minimum absolute atomic E-state index is 0.0275. The van der Waals surface area contributed by atoms with Crippen molar-refractivity contribution in [1.29, 1.82) is 0 Å². The smallest absolute Gasteiger partial charge is 0.244 e. The lowest BCUT2D eigenvalue weighted by atomic mass is 10.4. The fourth-order valence-corrected chi connectivity index (χ4v) is 5.56. The Bertz CT molecular complexity index is 648. The second kappa shape index (κ2) is 5.32. The van der Waals surface area contributed by atoms with Crippen LogP contribution in [0, 0.1) is 0 Å². The van der Waals surface area contributed by atoms with Crippen molar-refractivity contribution in [1.82, 2.24) is 0 Å². The Morgan fingerprint density at radius 1 is 1.24 bits per heavy atom. The van der Waals surface area contributed by atoms with Crippen molar-refractivity contribution in [3.63, 3.8) is 0 Å². The van der Waals surface area contributed by atoms with Gasteiger partial charge in [0.15, 0.2) is 0 Å². The topological polar surface area (TPSA) is 63.6 Å². The van der Waals surface area contributed by atoms with Crippen LogP contribution in [-0.2, 0) is 19.0 Å². The van der Waals surface area contributed by atoms with E-state index in [-0.39, 0.29) is 15.7 Å². The van der Waals surface area contributed by atoms with Gasteiger partial charge >= 0.3 is 9.24 Å². The molecule has 9 heteroatoms. The molecular formula is C8H8Cl3NO3S2. The lowest BCUT2D eigenvalue weighted by Gasteiger charge is -2.08. The second-order valence-corrected chi connectivity index (χ2v) is 8.72. The van der Waals surface area contributed by atoms with Crippen molar-refractivity contribution in [2.45, 2.75) is 11.8 Å². The second-order valence-electron chi connectivity index (χ2n) is 2.99. The standard InChI is InChI=1S/C8H8Cl3NO3S2/c1-2-16(13,12-17(11,14)15)8-4-3-6(9)5-7(8)10/h3-5H,2H2,1H3/t16-/m0/s1. The Morgan fingerprint density at radius 3 is 2.24 bits per heavy atom. The van der Waals surface area contributed by atoms with E-state index in [9.17, 15) is 12.6 Å². The predicted octanol–water partition coefficient (Wildman–Crippen LogP) is 3.32. The minimum Gasteiger partial charge on any atom is -0.244 e. The first-order chi connectivity index (χ1) is 7.68. The molecule has 0 amide bonds. The van der Waals surface area contributed by atoms with Crippen LogP contribution in [0.4, 0.5) is 0 Å². The molecule has 1 atom stereocenters. The molecule has 0 fully saturated rings. The summed E-state index contributed by atoms with van der Waals surface area (Å²) in [4.78, 5) is 0.107. The number of hydrogen-bond acceptors (Lipinski definition) is 3. The summed E-state index contributed by atoms with van der Waals surface area (Å²) < 4.78 is 37.3. The van der Waals surface area contributed by atoms with Crippen LogP contribution in [0.25, 0.3) is 0 Å². The van der Waals surface area contributed by atoms with Gasteiger partial charge in [-0.2, -0.15) is 8.42 Å². The zero-order chi connectivity index (χ0) is 13.3. The molecular weight excluding hydrogens is 329 g/mol. The van der Waals surface area contributed by atoms with E-state index in [1.807, 2.05) is 0 Å². The molecule has 1 rings (SSSR count). The summed E-state index contributed by atoms with van der Waals surface area (Å²) >= 11 is 11.6. The van der Waals surface area contributed by atoms with Crippen molar-refractivity contribution in [3.05, 3.63) is 28.2 Å². The monoisotopic (exact) mass is 335 g/mol. The van der Waals surface area contributed by atoms with E-state index in [0.29, 0.717) is 5.02 Å². The number of rotatable bonds is 3. The van der Waals surface area contributed by atoms with Crippen LogP contribution in [0.5, 0.6) is 0 Å². The van der Waals surface area contributed by atoms with Gasteiger partial charge < -0.3 is 0 Å². The highest BCUT2D eigenvalue weighted by Crippen LogP contribution is 2.28. The van der Waals surface area contributed by atoms with Gasteiger partial charge in [-0.05, 0) is 18.2 Å². The predicted molar refractivity (Wildman–Crippen MR) is 70.6 cm³/mol. The Kier molecular flexibility index (Phi) is 4.71. The van der Waals surface area contributed by atoms with Crippen LogP contribution in [0.15, 0.2) is 26.9 Å². The summed E-state index contributed by atoms with van der Waals surface area (Å²) in [6.07, 6.45) is 0. The molecule has 0 saturated heterocycles. The highest BCUT2D eigenvalue weighted by atomic mass is 35.7. The molecule has 0 aromatic heterocycles. The van der Waals surface area contributed by atoms with Gasteiger partial charge in [0.05, 0.1) is 19.6 Å². The molecule has 0 bridgehead atoms. The van der Waals surface area contributed by atoms with Crippen LogP contribution >= 0.6 is 33.9 Å². The van der Waals surface area contributed by atoms with Gasteiger partial charge in [0.25, 0.3) is 0 Å². The van der Waals surface area contributed by atoms with Crippen molar-refractivity contribution >= 4 is 52.9 Å². The SMILES string of the molecule is CC[S@@](=O)(=NS(=O)(=O)Cl)c1ccc(Cl)cc1Cl. The molecule has 0 aliphatic carbocycles. The first-order valence-corrected chi connectivity index (χ1v) is 9.04. The van der Waals surface area contributed by atoms with Gasteiger partial charge in [-0.25, -0.2) is 4.21 Å². The Hall–Kier alpha value is -0.0100. The summed E-state index contributed by atoms with van der Waals surface area (Å²) in [5.41, 5.74) is 0. The summed E-state index contributed by atoms with van der Waals surface area (Å²) in [7, 11) is -2.45. The van der Waals surface area contributed by atoms with Crippen molar-refractivity contribution in [2.24, 2.45) is 3.77 Å². The zero-order valence-electron chi connectivity index (χ0n) is 8.56. The number of nitrogens with zero attached hydrogens (tertiary/aromatic N) is 1. The van der Waals surface area contributed by atoms with Crippen LogP contribution in [-0.4, -0.2) is 18.4 Å². The van der Waals surface area contributed by atoms with Crippen LogP contribution in [0.3, 0.4) is 0 Å². The molecule has 0 spiro atoms. The van der Waals surface area contributed by atoms with Gasteiger partial charge in [-0.1, -0.05) is 33.9 Å². The third-order valence-corrected chi connectivity index (χ3v) is 6.51. The van der Waals surface area contributed by atoms with E-state index >= 15 is 0 Å². The molecule has 1 aromatic carbocycles. The summed E-state index contributed by atoms with van der Waals surface area (Å²) in [6.45, 7) is 1.53. The highest BCUT2D eigenvalue weighted by molar-refractivity contribution is 8.17. The Balaban J connectivity index is 3.58. The number of halogens is 3. The van der Waals surface area contributed by atoms with Gasteiger partial charge in [0.1, 0.15) is 0 Å². The molecule has 4 nitrogen and oxygen atoms in total. The molecule has 1 aromatic rings. The van der Waals surface area contributed by atoms with E-state index in [1.165, 1.54) is 25.1 Å². The average Bonchev–Trinajstić information content (AvgIpc) is 2.14. The molecule has 0 aliphatic heterocycles. The molecule has 0 saturated carbocycles. The van der Waals surface area contributed by atoms with Gasteiger partial charge in [-0.15, -0.1) is 0 Å². The normalized spacial score (nSPS) is 15.3. The van der Waals surface area contributed by atoms with Crippen LogP contribution in [0.2, 0.25) is 10.0 Å². The number of hydrogen-bond donors (Lipinski definition) is 0. The molecule has 0 unspecified atom stereocenters. The Morgan fingerprint density at radius 2 is 1.82 bits per heavy atom. The zero-order valence-corrected chi connectivity index (χ0v) is 12.5. The van der Waals surface area contributed by atoms with Crippen LogP contribution in [0.1, 0.15) is 6.92 Å². The van der Waals surface area contributed by atoms with Gasteiger partial charge in [-0.3, -0.25) is 0 Å². The van der Waals surface area contributed by atoms with Crippen molar-refractivity contribution in [2.75, 3.05) is 5.75 Å². The third kappa shape index (κ3) is 3.99. The first-order valence-electron chi connectivity index (χ1n) is 4.34. The summed E-state index contributed by atoms with van der Waals surface area (Å²) in [5.74, 6) is -0.0275. The minimum atomic E-state index is -4.24.